The van der Waals surface area contributed by atoms with Gasteiger partial charge in [-0.3, -0.25) is 10.1 Å². The van der Waals surface area contributed by atoms with Crippen molar-refractivity contribution < 1.29 is 18.0 Å². The molecule has 1 aromatic heterocycles. The van der Waals surface area contributed by atoms with Crippen molar-refractivity contribution in [1.29, 1.82) is 0 Å². The number of benzene rings is 1. The molecule has 1 aromatic carbocycles. The molecular formula is C12H9F3N2OS. The molecule has 0 spiro atoms. The molecule has 1 heterocycles. The molecule has 1 amide bonds. The quantitative estimate of drug-likeness (QED) is 0.914. The van der Waals surface area contributed by atoms with E-state index in [9.17, 15) is 18.0 Å². The third-order valence-electron chi connectivity index (χ3n) is 2.29. The summed E-state index contributed by atoms with van der Waals surface area (Å²) in [7, 11) is 0. The van der Waals surface area contributed by atoms with E-state index >= 15 is 0 Å². The van der Waals surface area contributed by atoms with E-state index < -0.39 is 17.6 Å². The van der Waals surface area contributed by atoms with Crippen LogP contribution >= 0.6 is 11.3 Å². The number of carbonyl (C=O) groups excluding carboxylic acids is 1. The van der Waals surface area contributed by atoms with Crippen molar-refractivity contribution in [1.82, 2.24) is 4.98 Å². The maximum atomic E-state index is 12.5. The van der Waals surface area contributed by atoms with Crippen molar-refractivity contribution in [3.05, 3.63) is 46.5 Å². The van der Waals surface area contributed by atoms with Crippen LogP contribution in [0.4, 0.5) is 18.3 Å². The lowest BCUT2D eigenvalue weighted by atomic mass is 10.1. The average molecular weight is 286 g/mol. The van der Waals surface area contributed by atoms with Gasteiger partial charge in [-0.1, -0.05) is 6.07 Å². The SMILES string of the molecule is Cc1cnc(NC(=O)c2cccc(C(F)(F)F)c2)s1. The number of aromatic nitrogens is 1. The van der Waals surface area contributed by atoms with Crippen molar-refractivity contribution in [3.8, 4) is 0 Å². The van der Waals surface area contributed by atoms with Gasteiger partial charge in [-0.25, -0.2) is 4.98 Å². The molecule has 0 atom stereocenters. The van der Waals surface area contributed by atoms with E-state index in [0.717, 1.165) is 17.0 Å². The van der Waals surface area contributed by atoms with Gasteiger partial charge >= 0.3 is 6.18 Å². The molecule has 1 N–H and O–H groups in total. The number of hydrogen-bond acceptors (Lipinski definition) is 3. The molecule has 100 valence electrons. The first-order chi connectivity index (χ1) is 8.86. The number of rotatable bonds is 2. The Labute approximate surface area is 111 Å². The number of hydrogen-bond donors (Lipinski definition) is 1. The molecular weight excluding hydrogens is 277 g/mol. The second-order valence-electron chi connectivity index (χ2n) is 3.81. The van der Waals surface area contributed by atoms with Crippen LogP contribution in [0.1, 0.15) is 20.8 Å². The van der Waals surface area contributed by atoms with Crippen molar-refractivity contribution >= 4 is 22.4 Å². The summed E-state index contributed by atoms with van der Waals surface area (Å²) in [5.74, 6) is -0.611. The highest BCUT2D eigenvalue weighted by molar-refractivity contribution is 7.15. The van der Waals surface area contributed by atoms with Gasteiger partial charge in [0.2, 0.25) is 0 Å². The third-order valence-corrected chi connectivity index (χ3v) is 3.12. The zero-order chi connectivity index (χ0) is 14.0. The van der Waals surface area contributed by atoms with Crippen LogP contribution in [0.2, 0.25) is 0 Å². The van der Waals surface area contributed by atoms with E-state index in [4.69, 9.17) is 0 Å². The van der Waals surface area contributed by atoms with Crippen molar-refractivity contribution in [2.45, 2.75) is 13.1 Å². The van der Waals surface area contributed by atoms with Gasteiger partial charge in [-0.05, 0) is 25.1 Å². The number of alkyl halides is 3. The third kappa shape index (κ3) is 3.31. The molecule has 7 heteroatoms. The first-order valence-electron chi connectivity index (χ1n) is 5.27. The van der Waals surface area contributed by atoms with Gasteiger partial charge in [0.1, 0.15) is 0 Å². The van der Waals surface area contributed by atoms with Crippen molar-refractivity contribution in [3.63, 3.8) is 0 Å². The number of nitrogens with zero attached hydrogens (tertiary/aromatic N) is 1. The smallest absolute Gasteiger partial charge is 0.298 e. The number of halogens is 3. The fraction of sp³-hybridized carbons (Fsp3) is 0.167. The largest absolute Gasteiger partial charge is 0.416 e. The first-order valence-corrected chi connectivity index (χ1v) is 6.09. The van der Waals surface area contributed by atoms with Gasteiger partial charge < -0.3 is 0 Å². The molecule has 2 rings (SSSR count). The Balaban J connectivity index is 2.20. The minimum atomic E-state index is -4.46. The van der Waals surface area contributed by atoms with E-state index in [0.29, 0.717) is 5.13 Å². The lowest BCUT2D eigenvalue weighted by molar-refractivity contribution is -0.137. The standard InChI is InChI=1S/C12H9F3N2OS/c1-7-6-16-11(19-7)17-10(18)8-3-2-4-9(5-8)12(13,14)15/h2-6H,1H3,(H,16,17,18). The molecule has 0 radical (unpaired) electrons. The fourth-order valence-electron chi connectivity index (χ4n) is 1.42. The summed E-state index contributed by atoms with van der Waals surface area (Å²) >= 11 is 1.26. The van der Waals surface area contributed by atoms with Gasteiger partial charge in [0, 0.05) is 16.6 Å². The predicted octanol–water partition coefficient (Wildman–Crippen LogP) is 3.72. The highest BCUT2D eigenvalue weighted by Gasteiger charge is 2.30. The lowest BCUT2D eigenvalue weighted by Gasteiger charge is -2.08. The number of nitrogens with one attached hydrogen (secondary N) is 1. The van der Waals surface area contributed by atoms with Crippen molar-refractivity contribution in [2.75, 3.05) is 5.32 Å². The molecule has 0 aliphatic carbocycles. The normalized spacial score (nSPS) is 11.4. The number of thiazole rings is 1. The number of carbonyl (C=O) groups is 1. The predicted molar refractivity (Wildman–Crippen MR) is 66.2 cm³/mol. The maximum Gasteiger partial charge on any atom is 0.416 e. The zero-order valence-corrected chi connectivity index (χ0v) is 10.6. The minimum absolute atomic E-state index is 0.0531. The summed E-state index contributed by atoms with van der Waals surface area (Å²) in [5, 5.41) is 2.82. The summed E-state index contributed by atoms with van der Waals surface area (Å²) in [4.78, 5) is 16.6. The van der Waals surface area contributed by atoms with Gasteiger partial charge in [-0.2, -0.15) is 13.2 Å². The van der Waals surface area contributed by atoms with Crippen LogP contribution in [-0.2, 0) is 6.18 Å². The second-order valence-corrected chi connectivity index (χ2v) is 5.04. The fourth-order valence-corrected chi connectivity index (χ4v) is 2.08. The Morgan fingerprint density at radius 3 is 2.68 bits per heavy atom. The Morgan fingerprint density at radius 2 is 2.11 bits per heavy atom. The molecule has 0 saturated heterocycles. The van der Waals surface area contributed by atoms with Crippen LogP contribution in [0.25, 0.3) is 0 Å². The monoisotopic (exact) mass is 286 g/mol. The number of anilines is 1. The van der Waals surface area contributed by atoms with Gasteiger partial charge in [0.25, 0.3) is 5.91 Å². The summed E-state index contributed by atoms with van der Waals surface area (Å²) in [6, 6.07) is 4.26. The topological polar surface area (TPSA) is 42.0 Å². The van der Waals surface area contributed by atoms with Gasteiger partial charge in [-0.15, -0.1) is 11.3 Å². The average Bonchev–Trinajstić information content (AvgIpc) is 2.74. The molecule has 0 saturated carbocycles. The van der Waals surface area contributed by atoms with Gasteiger partial charge in [0.15, 0.2) is 5.13 Å². The summed E-state index contributed by atoms with van der Waals surface area (Å²) < 4.78 is 37.6. The number of aryl methyl sites for hydroxylation is 1. The zero-order valence-electron chi connectivity index (χ0n) is 9.78. The van der Waals surface area contributed by atoms with Crippen LogP contribution in [-0.4, -0.2) is 10.9 Å². The second kappa shape index (κ2) is 5.00. The molecule has 0 bridgehead atoms. The molecule has 0 unspecified atom stereocenters. The van der Waals surface area contributed by atoms with Crippen LogP contribution in [0.15, 0.2) is 30.5 Å². The van der Waals surface area contributed by atoms with E-state index in [-0.39, 0.29) is 5.56 Å². The summed E-state index contributed by atoms with van der Waals surface area (Å²) in [5.41, 5.74) is -0.904. The van der Waals surface area contributed by atoms with Crippen molar-refractivity contribution in [2.24, 2.45) is 0 Å². The van der Waals surface area contributed by atoms with Crippen LogP contribution < -0.4 is 5.32 Å². The highest BCUT2D eigenvalue weighted by atomic mass is 32.1. The van der Waals surface area contributed by atoms with E-state index in [1.54, 1.807) is 6.20 Å². The van der Waals surface area contributed by atoms with Crippen LogP contribution in [0.3, 0.4) is 0 Å². The maximum absolute atomic E-state index is 12.5. The Morgan fingerprint density at radius 1 is 1.37 bits per heavy atom. The van der Waals surface area contributed by atoms with Gasteiger partial charge in [0.05, 0.1) is 5.56 Å². The van der Waals surface area contributed by atoms with Crippen LogP contribution in [0, 0.1) is 6.92 Å². The summed E-state index contributed by atoms with van der Waals surface area (Å²) in [6.07, 6.45) is -2.89. The molecule has 2 aromatic rings. The summed E-state index contributed by atoms with van der Waals surface area (Å²) in [6.45, 7) is 1.82. The Kier molecular flexibility index (Phi) is 3.57. The van der Waals surface area contributed by atoms with E-state index in [2.05, 4.69) is 10.3 Å². The Bertz CT molecular complexity index is 607. The first kappa shape index (κ1) is 13.5. The minimum Gasteiger partial charge on any atom is -0.298 e. The molecule has 0 fully saturated rings. The molecule has 0 aliphatic rings. The molecule has 3 nitrogen and oxygen atoms in total. The number of amides is 1. The van der Waals surface area contributed by atoms with Crippen LogP contribution in [0.5, 0.6) is 0 Å². The lowest BCUT2D eigenvalue weighted by Crippen LogP contribution is -2.13. The molecule has 0 aliphatic heterocycles. The van der Waals surface area contributed by atoms with E-state index in [1.807, 2.05) is 6.92 Å². The molecule has 19 heavy (non-hydrogen) atoms. The van der Waals surface area contributed by atoms with E-state index in [1.165, 1.54) is 23.5 Å². The Hall–Kier alpha value is -1.89. The highest BCUT2D eigenvalue weighted by Crippen LogP contribution is 2.29.